The van der Waals surface area contributed by atoms with Gasteiger partial charge in [-0.1, -0.05) is 13.8 Å². The summed E-state index contributed by atoms with van der Waals surface area (Å²) in [4.78, 5) is 8.67. The first-order chi connectivity index (χ1) is 11.1. The number of aromatic nitrogens is 2. The van der Waals surface area contributed by atoms with E-state index in [1.165, 1.54) is 0 Å². The number of nitrogens with one attached hydrogen (secondary N) is 1. The molecule has 3 rings (SSSR count). The van der Waals surface area contributed by atoms with Crippen molar-refractivity contribution in [1.29, 1.82) is 0 Å². The van der Waals surface area contributed by atoms with Crippen LogP contribution in [0.2, 0.25) is 0 Å². The van der Waals surface area contributed by atoms with Crippen LogP contribution in [0.15, 0.2) is 48.8 Å². The number of rotatable bonds is 5. The second-order valence-corrected chi connectivity index (χ2v) is 6.98. The van der Waals surface area contributed by atoms with Crippen molar-refractivity contribution in [3.8, 4) is 5.75 Å². The minimum absolute atomic E-state index is 0.516. The van der Waals surface area contributed by atoms with Gasteiger partial charge in [-0.25, -0.2) is 9.97 Å². The van der Waals surface area contributed by atoms with E-state index in [-0.39, 0.29) is 0 Å². The molecule has 0 bridgehead atoms. The van der Waals surface area contributed by atoms with Gasteiger partial charge in [0, 0.05) is 14.6 Å². The zero-order valence-electron chi connectivity index (χ0n) is 13.1. The lowest BCUT2D eigenvalue weighted by Crippen LogP contribution is -2.04. The lowest BCUT2D eigenvalue weighted by atomic mass is 10.2. The normalized spacial score (nSPS) is 11.0. The zero-order chi connectivity index (χ0) is 16.2. The third-order valence-corrected chi connectivity index (χ3v) is 3.97. The summed E-state index contributed by atoms with van der Waals surface area (Å²) in [7, 11) is 0. The molecule has 1 aromatic heterocycles. The van der Waals surface area contributed by atoms with Crippen molar-refractivity contribution < 1.29 is 4.74 Å². The molecular formula is C18H18IN3O. The Bertz CT molecular complexity index is 803. The number of benzene rings is 2. The van der Waals surface area contributed by atoms with Crippen molar-refractivity contribution in [3.63, 3.8) is 0 Å². The highest BCUT2D eigenvalue weighted by atomic mass is 127. The molecule has 0 radical (unpaired) electrons. The average molecular weight is 419 g/mol. The Morgan fingerprint density at radius 3 is 2.61 bits per heavy atom. The van der Waals surface area contributed by atoms with Crippen molar-refractivity contribution in [2.75, 3.05) is 11.9 Å². The quantitative estimate of drug-likeness (QED) is 0.591. The van der Waals surface area contributed by atoms with Gasteiger partial charge < -0.3 is 10.1 Å². The molecule has 3 aromatic rings. The molecule has 0 unspecified atom stereocenters. The number of halogens is 1. The summed E-state index contributed by atoms with van der Waals surface area (Å²) in [6.07, 6.45) is 1.58. The third kappa shape index (κ3) is 4.10. The molecule has 0 saturated carbocycles. The topological polar surface area (TPSA) is 47.0 Å². The molecular weight excluding hydrogens is 401 g/mol. The monoisotopic (exact) mass is 419 g/mol. The molecule has 1 N–H and O–H groups in total. The van der Waals surface area contributed by atoms with Crippen LogP contribution in [0, 0.1) is 9.49 Å². The molecule has 1 heterocycles. The molecule has 0 fully saturated rings. The van der Waals surface area contributed by atoms with E-state index in [4.69, 9.17) is 4.74 Å². The Kier molecular flexibility index (Phi) is 4.95. The van der Waals surface area contributed by atoms with E-state index in [9.17, 15) is 0 Å². The van der Waals surface area contributed by atoms with Gasteiger partial charge in [0.2, 0.25) is 0 Å². The van der Waals surface area contributed by atoms with Crippen LogP contribution in [0.4, 0.5) is 11.5 Å². The van der Waals surface area contributed by atoms with Crippen LogP contribution in [0.25, 0.3) is 10.9 Å². The maximum Gasteiger partial charge on any atom is 0.141 e. The molecule has 0 saturated heterocycles. The number of hydrogen-bond donors (Lipinski definition) is 1. The number of hydrogen-bond acceptors (Lipinski definition) is 4. The van der Waals surface area contributed by atoms with E-state index in [1.807, 2.05) is 36.4 Å². The molecule has 0 spiro atoms. The maximum atomic E-state index is 5.70. The Morgan fingerprint density at radius 2 is 1.87 bits per heavy atom. The fourth-order valence-electron chi connectivity index (χ4n) is 2.16. The van der Waals surface area contributed by atoms with Crippen LogP contribution in [-0.2, 0) is 0 Å². The first-order valence-electron chi connectivity index (χ1n) is 7.52. The van der Waals surface area contributed by atoms with Crippen molar-refractivity contribution in [2.24, 2.45) is 5.92 Å². The minimum atomic E-state index is 0.516. The largest absolute Gasteiger partial charge is 0.493 e. The Morgan fingerprint density at radius 1 is 1.09 bits per heavy atom. The van der Waals surface area contributed by atoms with Gasteiger partial charge in [-0.15, -0.1) is 0 Å². The van der Waals surface area contributed by atoms with Gasteiger partial charge >= 0.3 is 0 Å². The number of fused-ring (bicyclic) bond motifs is 1. The predicted octanol–water partition coefficient (Wildman–Crippen LogP) is 5.01. The van der Waals surface area contributed by atoms with Crippen LogP contribution in [-0.4, -0.2) is 16.6 Å². The molecule has 23 heavy (non-hydrogen) atoms. The van der Waals surface area contributed by atoms with Gasteiger partial charge in [0.25, 0.3) is 0 Å². The summed E-state index contributed by atoms with van der Waals surface area (Å²) >= 11 is 2.29. The van der Waals surface area contributed by atoms with E-state index in [0.717, 1.165) is 38.3 Å². The molecule has 5 heteroatoms. The van der Waals surface area contributed by atoms with Gasteiger partial charge in [-0.3, -0.25) is 0 Å². The molecule has 0 aliphatic heterocycles. The average Bonchev–Trinajstić information content (AvgIpc) is 2.55. The van der Waals surface area contributed by atoms with Gasteiger partial charge in [0.05, 0.1) is 12.1 Å². The van der Waals surface area contributed by atoms with Crippen molar-refractivity contribution in [1.82, 2.24) is 9.97 Å². The number of nitrogens with zero attached hydrogens (tertiary/aromatic N) is 2. The van der Waals surface area contributed by atoms with Crippen LogP contribution >= 0.6 is 22.6 Å². The fraction of sp³-hybridized carbons (Fsp3) is 0.222. The fourth-order valence-corrected chi connectivity index (χ4v) is 2.65. The van der Waals surface area contributed by atoms with Crippen LogP contribution < -0.4 is 10.1 Å². The highest BCUT2D eigenvalue weighted by Crippen LogP contribution is 2.25. The number of anilines is 2. The summed E-state index contributed by atoms with van der Waals surface area (Å²) in [6, 6.07) is 14.1. The van der Waals surface area contributed by atoms with Crippen molar-refractivity contribution in [3.05, 3.63) is 52.4 Å². The molecule has 2 aromatic carbocycles. The standard InChI is InChI=1S/C18H18IN3O/c1-12(2)10-23-15-6-4-14(5-7-15)22-18-16-9-13(19)3-8-17(16)20-11-21-18/h3-9,11-12H,10H2,1-2H3,(H,20,21,22). The molecule has 0 aliphatic rings. The lowest BCUT2D eigenvalue weighted by Gasteiger charge is -2.11. The molecule has 4 nitrogen and oxygen atoms in total. The number of ether oxygens (including phenoxy) is 1. The van der Waals surface area contributed by atoms with E-state index in [0.29, 0.717) is 5.92 Å². The first kappa shape index (κ1) is 16.0. The Balaban J connectivity index is 1.80. The summed E-state index contributed by atoms with van der Waals surface area (Å²) in [5.74, 6) is 2.21. The smallest absolute Gasteiger partial charge is 0.141 e. The molecule has 0 amide bonds. The van der Waals surface area contributed by atoms with E-state index >= 15 is 0 Å². The van der Waals surface area contributed by atoms with Crippen LogP contribution in [0.3, 0.4) is 0 Å². The van der Waals surface area contributed by atoms with Gasteiger partial charge in [0.15, 0.2) is 0 Å². The second kappa shape index (κ2) is 7.12. The zero-order valence-corrected chi connectivity index (χ0v) is 15.2. The van der Waals surface area contributed by atoms with E-state index in [1.54, 1.807) is 6.33 Å². The highest BCUT2D eigenvalue weighted by molar-refractivity contribution is 14.1. The van der Waals surface area contributed by atoms with Gasteiger partial charge in [0.1, 0.15) is 17.9 Å². The van der Waals surface area contributed by atoms with Crippen LogP contribution in [0.1, 0.15) is 13.8 Å². The maximum absolute atomic E-state index is 5.70. The van der Waals surface area contributed by atoms with Gasteiger partial charge in [-0.05, 0) is 71.0 Å². The summed E-state index contributed by atoms with van der Waals surface area (Å²) in [5.41, 5.74) is 1.90. The Labute approximate surface area is 149 Å². The summed E-state index contributed by atoms with van der Waals surface area (Å²) < 4.78 is 6.86. The summed E-state index contributed by atoms with van der Waals surface area (Å²) in [5, 5.41) is 4.37. The van der Waals surface area contributed by atoms with Crippen molar-refractivity contribution in [2.45, 2.75) is 13.8 Å². The SMILES string of the molecule is CC(C)COc1ccc(Nc2ncnc3ccc(I)cc23)cc1. The molecule has 0 aliphatic carbocycles. The van der Waals surface area contributed by atoms with Crippen LogP contribution in [0.5, 0.6) is 5.75 Å². The highest BCUT2D eigenvalue weighted by Gasteiger charge is 2.05. The first-order valence-corrected chi connectivity index (χ1v) is 8.60. The van der Waals surface area contributed by atoms with Crippen molar-refractivity contribution >= 4 is 45.0 Å². The van der Waals surface area contributed by atoms with E-state index < -0.39 is 0 Å². The lowest BCUT2D eigenvalue weighted by molar-refractivity contribution is 0.271. The minimum Gasteiger partial charge on any atom is -0.493 e. The predicted molar refractivity (Wildman–Crippen MR) is 102 cm³/mol. The molecule has 118 valence electrons. The van der Waals surface area contributed by atoms with E-state index in [2.05, 4.69) is 57.8 Å². The Hall–Kier alpha value is -1.89. The second-order valence-electron chi connectivity index (χ2n) is 5.74. The third-order valence-electron chi connectivity index (χ3n) is 3.30. The molecule has 0 atom stereocenters. The van der Waals surface area contributed by atoms with Gasteiger partial charge in [-0.2, -0.15) is 0 Å². The summed E-state index contributed by atoms with van der Waals surface area (Å²) in [6.45, 7) is 5.00.